The van der Waals surface area contributed by atoms with Crippen LogP contribution in [0.15, 0.2) is 0 Å². The molecule has 0 radical (unpaired) electrons. The van der Waals surface area contributed by atoms with Crippen molar-refractivity contribution in [3.8, 4) is 0 Å². The maximum Gasteiger partial charge on any atom is 0.309 e. The van der Waals surface area contributed by atoms with Crippen molar-refractivity contribution in [2.75, 3.05) is 7.11 Å². The number of methoxy groups -OCH3 is 1. The number of rotatable bonds is 3. The Morgan fingerprint density at radius 3 is 2.52 bits per heavy atom. The van der Waals surface area contributed by atoms with Crippen molar-refractivity contribution in [1.82, 2.24) is 0 Å². The van der Waals surface area contributed by atoms with Gasteiger partial charge in [0.05, 0.1) is 5.41 Å². The van der Waals surface area contributed by atoms with Gasteiger partial charge in [-0.25, -0.2) is 0 Å². The fraction of sp³-hybridized carbons (Fsp3) is 0.952. The summed E-state index contributed by atoms with van der Waals surface area (Å²) in [4.78, 5) is 12.1. The highest BCUT2D eigenvalue weighted by Crippen LogP contribution is 2.72. The molecular formula is C21H34O4. The summed E-state index contributed by atoms with van der Waals surface area (Å²) in [5.41, 5.74) is -0.105. The fourth-order valence-electron chi connectivity index (χ4n) is 8.26. The van der Waals surface area contributed by atoms with E-state index in [0.29, 0.717) is 23.2 Å². The summed E-state index contributed by atoms with van der Waals surface area (Å²) >= 11 is 0. The molecule has 4 heteroatoms. The van der Waals surface area contributed by atoms with Gasteiger partial charge in [-0.1, -0.05) is 13.3 Å². The zero-order chi connectivity index (χ0) is 18.0. The third kappa shape index (κ3) is 2.29. The van der Waals surface area contributed by atoms with E-state index >= 15 is 0 Å². The number of fused-ring (bicyclic) bond motifs is 3. The number of carboxylic acid groups (broad SMARTS) is 1. The van der Waals surface area contributed by atoms with Crippen LogP contribution in [0.5, 0.6) is 0 Å². The molecule has 4 aliphatic rings. The number of ether oxygens (including phenoxy) is 1. The van der Waals surface area contributed by atoms with Crippen LogP contribution >= 0.6 is 0 Å². The van der Waals surface area contributed by atoms with Crippen molar-refractivity contribution in [3.05, 3.63) is 0 Å². The lowest BCUT2D eigenvalue weighted by Crippen LogP contribution is -2.58. The van der Waals surface area contributed by atoms with E-state index in [0.717, 1.165) is 32.1 Å². The molecule has 0 saturated heterocycles. The minimum absolute atomic E-state index is 0.140. The molecule has 4 rings (SSSR count). The van der Waals surface area contributed by atoms with Crippen LogP contribution in [-0.4, -0.2) is 29.6 Å². The second kappa shape index (κ2) is 5.69. The van der Waals surface area contributed by atoms with Crippen LogP contribution in [0, 0.1) is 39.9 Å². The number of aliphatic carboxylic acids is 1. The Morgan fingerprint density at radius 2 is 1.84 bits per heavy atom. The average molecular weight is 350 g/mol. The van der Waals surface area contributed by atoms with Crippen molar-refractivity contribution in [3.63, 3.8) is 0 Å². The summed E-state index contributed by atoms with van der Waals surface area (Å²) in [6.45, 7) is 4.41. The van der Waals surface area contributed by atoms with Crippen LogP contribution < -0.4 is 0 Å². The summed E-state index contributed by atoms with van der Waals surface area (Å²) in [6.07, 6.45) is 9.26. The third-order valence-electron chi connectivity index (χ3n) is 9.28. The van der Waals surface area contributed by atoms with Crippen LogP contribution in [0.2, 0.25) is 0 Å². The molecule has 4 saturated carbocycles. The van der Waals surface area contributed by atoms with Gasteiger partial charge in [-0.05, 0) is 86.9 Å². The highest BCUT2D eigenvalue weighted by Gasteiger charge is 2.66. The molecule has 142 valence electrons. The van der Waals surface area contributed by atoms with Gasteiger partial charge in [0.1, 0.15) is 0 Å². The summed E-state index contributed by atoms with van der Waals surface area (Å²) in [6, 6.07) is 0. The van der Waals surface area contributed by atoms with E-state index in [1.54, 1.807) is 7.11 Å². The first-order valence-electron chi connectivity index (χ1n) is 10.2. The van der Waals surface area contributed by atoms with Crippen LogP contribution in [0.4, 0.5) is 0 Å². The number of hydrogen-bond donors (Lipinski definition) is 2. The summed E-state index contributed by atoms with van der Waals surface area (Å²) in [5.74, 6) is 1.17. The predicted octanol–water partition coefficient (Wildman–Crippen LogP) is 4.06. The van der Waals surface area contributed by atoms with E-state index in [-0.39, 0.29) is 11.3 Å². The number of carboxylic acids is 1. The first-order chi connectivity index (χ1) is 11.8. The average Bonchev–Trinajstić information content (AvgIpc) is 2.84. The second-order valence-electron chi connectivity index (χ2n) is 10.1. The van der Waals surface area contributed by atoms with Gasteiger partial charge >= 0.3 is 5.97 Å². The molecule has 0 unspecified atom stereocenters. The quantitative estimate of drug-likeness (QED) is 0.753. The van der Waals surface area contributed by atoms with Crippen molar-refractivity contribution in [2.24, 2.45) is 39.9 Å². The second-order valence-corrected chi connectivity index (χ2v) is 10.1. The standard InChI is InChI=1S/C21H34O4/c1-19-8-4-9-20(2,18(23)24)15(19)7-10-21-11-13(5-6-16(19)21)14(12-21)17(22)25-3/h13-17,22H,4-12H2,1-3H3,(H,23,24)/t13-,14-,15+,16+,17-,19-,20-,21+/m1/s1. The maximum absolute atomic E-state index is 12.1. The topological polar surface area (TPSA) is 66.8 Å². The molecular weight excluding hydrogens is 316 g/mol. The van der Waals surface area contributed by atoms with Gasteiger partial charge in [0, 0.05) is 13.0 Å². The Bertz CT molecular complexity index is 562. The normalized spacial score (nSPS) is 53.0. The highest BCUT2D eigenvalue weighted by molar-refractivity contribution is 5.75. The number of hydrogen-bond acceptors (Lipinski definition) is 3. The predicted molar refractivity (Wildman–Crippen MR) is 94.8 cm³/mol. The lowest BCUT2D eigenvalue weighted by molar-refractivity contribution is -0.181. The van der Waals surface area contributed by atoms with Gasteiger partial charge in [-0.2, -0.15) is 0 Å². The number of aliphatic hydroxyl groups is 1. The minimum atomic E-state index is -0.635. The van der Waals surface area contributed by atoms with Gasteiger partial charge in [0.2, 0.25) is 0 Å². The summed E-state index contributed by atoms with van der Waals surface area (Å²) in [5, 5.41) is 20.3. The molecule has 0 aliphatic heterocycles. The van der Waals surface area contributed by atoms with Crippen LogP contribution in [-0.2, 0) is 9.53 Å². The van der Waals surface area contributed by atoms with E-state index in [1.165, 1.54) is 25.7 Å². The molecule has 0 aromatic heterocycles. The van der Waals surface area contributed by atoms with Crippen molar-refractivity contribution in [2.45, 2.75) is 77.9 Å². The molecule has 0 aromatic rings. The minimum Gasteiger partial charge on any atom is -0.481 e. The SMILES string of the molecule is CO[C@@H](O)[C@@H]1C[C@@]23CC[C@H]4[C@@](C)(CCC[C@@]4(C)C(=O)O)[C@@H]2CC[C@@H]1C3. The van der Waals surface area contributed by atoms with Crippen LogP contribution in [0.25, 0.3) is 0 Å². The highest BCUT2D eigenvalue weighted by atomic mass is 16.6. The largest absolute Gasteiger partial charge is 0.481 e. The van der Waals surface area contributed by atoms with Gasteiger partial charge in [0.25, 0.3) is 0 Å². The Hall–Kier alpha value is -0.610. The van der Waals surface area contributed by atoms with Crippen molar-refractivity contribution >= 4 is 5.97 Å². The van der Waals surface area contributed by atoms with E-state index in [9.17, 15) is 15.0 Å². The van der Waals surface area contributed by atoms with Gasteiger partial charge in [0.15, 0.2) is 6.29 Å². The first kappa shape index (κ1) is 17.8. The Morgan fingerprint density at radius 1 is 1.08 bits per heavy atom. The number of carbonyl (C=O) groups is 1. The molecule has 0 heterocycles. The molecule has 4 fully saturated rings. The van der Waals surface area contributed by atoms with E-state index < -0.39 is 17.7 Å². The molecule has 2 N–H and O–H groups in total. The van der Waals surface area contributed by atoms with Crippen LogP contribution in [0.1, 0.15) is 71.6 Å². The Kier molecular flexibility index (Phi) is 4.05. The smallest absolute Gasteiger partial charge is 0.309 e. The zero-order valence-electron chi connectivity index (χ0n) is 16.0. The van der Waals surface area contributed by atoms with Gasteiger partial charge in [-0.3, -0.25) is 4.79 Å². The molecule has 0 amide bonds. The maximum atomic E-state index is 12.1. The zero-order valence-corrected chi connectivity index (χ0v) is 16.0. The molecule has 4 nitrogen and oxygen atoms in total. The fourth-order valence-corrected chi connectivity index (χ4v) is 8.26. The molecule has 4 aliphatic carbocycles. The molecule has 25 heavy (non-hydrogen) atoms. The summed E-state index contributed by atoms with van der Waals surface area (Å²) < 4.78 is 5.29. The van der Waals surface area contributed by atoms with E-state index in [4.69, 9.17) is 4.74 Å². The van der Waals surface area contributed by atoms with Gasteiger partial charge in [-0.15, -0.1) is 0 Å². The summed E-state index contributed by atoms with van der Waals surface area (Å²) in [7, 11) is 1.61. The van der Waals surface area contributed by atoms with E-state index in [1.807, 2.05) is 6.92 Å². The van der Waals surface area contributed by atoms with Crippen molar-refractivity contribution < 1.29 is 19.7 Å². The van der Waals surface area contributed by atoms with Crippen LogP contribution in [0.3, 0.4) is 0 Å². The Balaban J connectivity index is 1.67. The first-order valence-corrected chi connectivity index (χ1v) is 10.2. The lowest BCUT2D eigenvalue weighted by Gasteiger charge is -2.63. The molecule has 1 spiro atoms. The lowest BCUT2D eigenvalue weighted by atomic mass is 9.41. The van der Waals surface area contributed by atoms with E-state index in [2.05, 4.69) is 6.92 Å². The molecule has 0 aromatic carbocycles. The monoisotopic (exact) mass is 350 g/mol. The third-order valence-corrected chi connectivity index (χ3v) is 9.28. The number of aliphatic hydroxyl groups excluding tert-OH is 1. The Labute approximate surface area is 151 Å². The van der Waals surface area contributed by atoms with Gasteiger partial charge < -0.3 is 14.9 Å². The van der Waals surface area contributed by atoms with Crippen molar-refractivity contribution in [1.29, 1.82) is 0 Å². The molecule has 8 atom stereocenters. The molecule has 2 bridgehead atoms.